The number of carbonyl (C=O) groups is 1. The number of hydrogen-bond donors (Lipinski definition) is 0. The Kier molecular flexibility index (Phi) is 2.17. The van der Waals surface area contributed by atoms with Crippen molar-refractivity contribution in [3.8, 4) is 0 Å². The molecule has 18 heavy (non-hydrogen) atoms. The van der Waals surface area contributed by atoms with Crippen LogP contribution in [0.1, 0.15) is 32.1 Å². The molecule has 4 saturated carbocycles. The minimum atomic E-state index is -0.353. The molecular weight excluding hydrogens is 232 g/mol. The molecule has 0 radical (unpaired) electrons. The van der Waals surface area contributed by atoms with Crippen molar-refractivity contribution in [3.05, 3.63) is 0 Å². The molecule has 0 aromatic heterocycles. The first-order valence-electron chi connectivity index (χ1n) is 7.05. The van der Waals surface area contributed by atoms with Crippen LogP contribution < -0.4 is 0 Å². The van der Waals surface area contributed by atoms with Gasteiger partial charge in [0.1, 0.15) is 0 Å². The molecule has 4 bridgehead atoms. The van der Waals surface area contributed by atoms with Crippen LogP contribution in [0.4, 0.5) is 0 Å². The standard InChI is InChI=1S/C14H20O4/c1-16-12(15)13-6-9-4-10(7-13)14(11(5-9)8-13)17-2-3-18-14/h9-11H,2-8H2,1H3. The number of ether oxygens (including phenoxy) is 3. The van der Waals surface area contributed by atoms with Gasteiger partial charge in [0.15, 0.2) is 5.79 Å². The fraction of sp³-hybridized carbons (Fsp3) is 0.929. The lowest BCUT2D eigenvalue weighted by Crippen LogP contribution is -2.63. The summed E-state index contributed by atoms with van der Waals surface area (Å²) >= 11 is 0. The Balaban J connectivity index is 1.71. The van der Waals surface area contributed by atoms with Gasteiger partial charge in [-0.3, -0.25) is 4.79 Å². The molecule has 5 fully saturated rings. The number of methoxy groups -OCH3 is 1. The minimum Gasteiger partial charge on any atom is -0.469 e. The average Bonchev–Trinajstić information content (AvgIpc) is 2.85. The third-order valence-corrected chi connectivity index (χ3v) is 5.68. The summed E-state index contributed by atoms with van der Waals surface area (Å²) in [7, 11) is 1.51. The molecule has 1 saturated heterocycles. The van der Waals surface area contributed by atoms with Gasteiger partial charge in [-0.2, -0.15) is 0 Å². The van der Waals surface area contributed by atoms with E-state index in [0.717, 1.165) is 32.1 Å². The molecule has 0 aromatic carbocycles. The second kappa shape index (κ2) is 3.48. The Labute approximate surface area is 107 Å². The summed E-state index contributed by atoms with van der Waals surface area (Å²) in [6.45, 7) is 1.42. The van der Waals surface area contributed by atoms with Gasteiger partial charge in [0, 0.05) is 11.8 Å². The molecular formula is C14H20O4. The van der Waals surface area contributed by atoms with Crippen LogP contribution in [-0.2, 0) is 19.0 Å². The lowest BCUT2D eigenvalue weighted by Gasteiger charge is -2.61. The van der Waals surface area contributed by atoms with Crippen LogP contribution in [0.5, 0.6) is 0 Å². The first kappa shape index (κ1) is 11.2. The second-order valence-corrected chi connectivity index (χ2v) is 6.53. The van der Waals surface area contributed by atoms with Gasteiger partial charge in [-0.1, -0.05) is 0 Å². The highest BCUT2D eigenvalue weighted by Gasteiger charge is 2.67. The molecule has 4 nitrogen and oxygen atoms in total. The molecule has 0 aromatic rings. The highest BCUT2D eigenvalue weighted by molar-refractivity contribution is 5.77. The van der Waals surface area contributed by atoms with Crippen molar-refractivity contribution in [2.75, 3.05) is 20.3 Å². The molecule has 1 aliphatic heterocycles. The maximum atomic E-state index is 12.2. The molecule has 4 aliphatic carbocycles. The van der Waals surface area contributed by atoms with Crippen LogP contribution >= 0.6 is 0 Å². The fourth-order valence-electron chi connectivity index (χ4n) is 5.31. The molecule has 1 heterocycles. The largest absolute Gasteiger partial charge is 0.469 e. The van der Waals surface area contributed by atoms with Gasteiger partial charge in [0.25, 0.3) is 0 Å². The van der Waals surface area contributed by atoms with Crippen molar-refractivity contribution < 1.29 is 19.0 Å². The van der Waals surface area contributed by atoms with Gasteiger partial charge in [0.2, 0.25) is 0 Å². The molecule has 1 spiro atoms. The predicted molar refractivity (Wildman–Crippen MR) is 62.6 cm³/mol. The van der Waals surface area contributed by atoms with E-state index >= 15 is 0 Å². The SMILES string of the molecule is COC(=O)C12CC3CC(C1)C1(OCCO1)C(C3)C2. The summed E-state index contributed by atoms with van der Waals surface area (Å²) in [6.07, 6.45) is 5.13. The van der Waals surface area contributed by atoms with Gasteiger partial charge in [-0.05, 0) is 38.0 Å². The molecule has 4 heteroatoms. The lowest BCUT2D eigenvalue weighted by molar-refractivity contribution is -0.301. The molecule has 2 atom stereocenters. The van der Waals surface area contributed by atoms with Crippen molar-refractivity contribution in [1.29, 1.82) is 0 Å². The third kappa shape index (κ3) is 1.21. The predicted octanol–water partition coefficient (Wildman–Crippen LogP) is 1.73. The van der Waals surface area contributed by atoms with E-state index in [4.69, 9.17) is 14.2 Å². The van der Waals surface area contributed by atoms with E-state index in [0.29, 0.717) is 31.0 Å². The zero-order chi connectivity index (χ0) is 12.4. The molecule has 5 aliphatic rings. The molecule has 5 rings (SSSR count). The van der Waals surface area contributed by atoms with Crippen molar-refractivity contribution in [1.82, 2.24) is 0 Å². The van der Waals surface area contributed by atoms with Crippen LogP contribution in [0.3, 0.4) is 0 Å². The number of rotatable bonds is 1. The molecule has 0 amide bonds. The van der Waals surface area contributed by atoms with E-state index in [1.165, 1.54) is 7.11 Å². The maximum Gasteiger partial charge on any atom is 0.311 e. The summed E-state index contributed by atoms with van der Waals surface area (Å²) < 4.78 is 17.1. The second-order valence-electron chi connectivity index (χ2n) is 6.53. The van der Waals surface area contributed by atoms with Gasteiger partial charge in [-0.25, -0.2) is 0 Å². The third-order valence-electron chi connectivity index (χ3n) is 5.68. The Morgan fingerprint density at radius 3 is 2.28 bits per heavy atom. The highest BCUT2D eigenvalue weighted by atomic mass is 16.7. The van der Waals surface area contributed by atoms with Crippen molar-refractivity contribution in [2.24, 2.45) is 23.2 Å². The van der Waals surface area contributed by atoms with Crippen LogP contribution in [0.2, 0.25) is 0 Å². The van der Waals surface area contributed by atoms with Gasteiger partial charge < -0.3 is 14.2 Å². The van der Waals surface area contributed by atoms with E-state index in [1.807, 2.05) is 0 Å². The van der Waals surface area contributed by atoms with Gasteiger partial charge in [-0.15, -0.1) is 0 Å². The first-order chi connectivity index (χ1) is 8.68. The van der Waals surface area contributed by atoms with Crippen LogP contribution in [0.25, 0.3) is 0 Å². The molecule has 100 valence electrons. The Bertz CT molecular complexity index is 367. The van der Waals surface area contributed by atoms with Crippen molar-refractivity contribution in [2.45, 2.75) is 37.9 Å². The first-order valence-corrected chi connectivity index (χ1v) is 7.05. The fourth-order valence-corrected chi connectivity index (χ4v) is 5.31. The quantitative estimate of drug-likeness (QED) is 0.667. The molecule has 0 N–H and O–H groups in total. The lowest BCUT2D eigenvalue weighted by atomic mass is 9.47. The number of esters is 1. The number of carbonyl (C=O) groups excluding carboxylic acids is 1. The Hall–Kier alpha value is -0.610. The average molecular weight is 252 g/mol. The molecule has 2 unspecified atom stereocenters. The Morgan fingerprint density at radius 1 is 1.11 bits per heavy atom. The van der Waals surface area contributed by atoms with Crippen LogP contribution in [-0.4, -0.2) is 32.1 Å². The van der Waals surface area contributed by atoms with Crippen LogP contribution in [0.15, 0.2) is 0 Å². The number of hydrogen-bond acceptors (Lipinski definition) is 4. The van der Waals surface area contributed by atoms with Gasteiger partial charge >= 0.3 is 5.97 Å². The van der Waals surface area contributed by atoms with Crippen molar-refractivity contribution >= 4 is 5.97 Å². The van der Waals surface area contributed by atoms with E-state index in [-0.39, 0.29) is 17.2 Å². The normalized spacial score (nSPS) is 47.7. The van der Waals surface area contributed by atoms with E-state index < -0.39 is 0 Å². The zero-order valence-electron chi connectivity index (χ0n) is 10.8. The topological polar surface area (TPSA) is 44.8 Å². The summed E-state index contributed by atoms with van der Waals surface area (Å²) in [6, 6.07) is 0. The van der Waals surface area contributed by atoms with E-state index in [1.54, 1.807) is 0 Å². The summed E-state index contributed by atoms with van der Waals surface area (Å²) in [5, 5.41) is 0. The van der Waals surface area contributed by atoms with Crippen LogP contribution in [0, 0.1) is 23.2 Å². The summed E-state index contributed by atoms with van der Waals surface area (Å²) in [5.74, 6) is 1.10. The minimum absolute atomic E-state index is 0.00486. The summed E-state index contributed by atoms with van der Waals surface area (Å²) in [5.41, 5.74) is -0.230. The van der Waals surface area contributed by atoms with E-state index in [9.17, 15) is 4.79 Å². The van der Waals surface area contributed by atoms with Crippen molar-refractivity contribution in [3.63, 3.8) is 0 Å². The Morgan fingerprint density at radius 2 is 1.72 bits per heavy atom. The smallest absolute Gasteiger partial charge is 0.311 e. The highest BCUT2D eigenvalue weighted by Crippen LogP contribution is 2.65. The van der Waals surface area contributed by atoms with Gasteiger partial charge in [0.05, 0.1) is 25.7 Å². The maximum absolute atomic E-state index is 12.2. The summed E-state index contributed by atoms with van der Waals surface area (Å²) in [4.78, 5) is 12.2. The van der Waals surface area contributed by atoms with E-state index in [2.05, 4.69) is 0 Å². The monoisotopic (exact) mass is 252 g/mol. The zero-order valence-corrected chi connectivity index (χ0v) is 10.8.